The van der Waals surface area contributed by atoms with E-state index in [-0.39, 0.29) is 6.10 Å². The Morgan fingerprint density at radius 3 is 2.78 bits per heavy atom. The van der Waals surface area contributed by atoms with Crippen molar-refractivity contribution in [3.8, 4) is 0 Å². The first kappa shape index (κ1) is 11.4. The number of fused-ring (bicyclic) bond motifs is 2. The summed E-state index contributed by atoms with van der Waals surface area (Å²) in [6.45, 7) is 0. The molecule has 3 unspecified atom stereocenters. The van der Waals surface area contributed by atoms with Gasteiger partial charge in [-0.1, -0.05) is 12.1 Å². The number of aliphatic hydroxyl groups is 1. The maximum atomic E-state index is 10.6. The summed E-state index contributed by atoms with van der Waals surface area (Å²) in [5.74, 6) is 2.35. The number of aliphatic hydroxyl groups excluding tert-OH is 1. The molecule has 4 rings (SSSR count). The Bertz CT molecular complexity index is 596. The first-order chi connectivity index (χ1) is 8.74. The second-order valence-electron chi connectivity index (χ2n) is 5.74. The summed E-state index contributed by atoms with van der Waals surface area (Å²) in [6, 6.07) is 6.26. The third kappa shape index (κ3) is 1.68. The SMILES string of the molecule is OC(c1csc2c(Br)cccc12)C1CC2CC2C1. The van der Waals surface area contributed by atoms with Gasteiger partial charge in [0.05, 0.1) is 6.10 Å². The predicted molar refractivity (Wildman–Crippen MR) is 78.8 cm³/mol. The van der Waals surface area contributed by atoms with Crippen LogP contribution in [0.3, 0.4) is 0 Å². The molecule has 18 heavy (non-hydrogen) atoms. The summed E-state index contributed by atoms with van der Waals surface area (Å²) in [5, 5.41) is 14.0. The van der Waals surface area contributed by atoms with Gasteiger partial charge in [-0.25, -0.2) is 0 Å². The molecule has 94 valence electrons. The lowest BCUT2D eigenvalue weighted by Gasteiger charge is -2.19. The monoisotopic (exact) mass is 322 g/mol. The van der Waals surface area contributed by atoms with Crippen LogP contribution in [-0.2, 0) is 0 Å². The normalized spacial score (nSPS) is 31.6. The Hall–Kier alpha value is -0.380. The lowest BCUT2D eigenvalue weighted by molar-refractivity contribution is 0.106. The summed E-state index contributed by atoms with van der Waals surface area (Å²) in [4.78, 5) is 0. The van der Waals surface area contributed by atoms with Crippen LogP contribution >= 0.6 is 27.3 Å². The van der Waals surface area contributed by atoms with E-state index in [1.54, 1.807) is 11.3 Å². The van der Waals surface area contributed by atoms with Crippen LogP contribution in [0.2, 0.25) is 0 Å². The van der Waals surface area contributed by atoms with Crippen LogP contribution in [0.4, 0.5) is 0 Å². The van der Waals surface area contributed by atoms with Crippen molar-refractivity contribution in [1.82, 2.24) is 0 Å². The zero-order valence-electron chi connectivity index (χ0n) is 9.97. The van der Waals surface area contributed by atoms with Crippen molar-refractivity contribution in [2.75, 3.05) is 0 Å². The van der Waals surface area contributed by atoms with Crippen molar-refractivity contribution in [2.24, 2.45) is 17.8 Å². The van der Waals surface area contributed by atoms with Gasteiger partial charge in [-0.3, -0.25) is 0 Å². The van der Waals surface area contributed by atoms with Crippen molar-refractivity contribution >= 4 is 37.4 Å². The maximum Gasteiger partial charge on any atom is 0.0832 e. The molecule has 1 heterocycles. The van der Waals surface area contributed by atoms with E-state index in [9.17, 15) is 5.11 Å². The Kier molecular flexibility index (Phi) is 2.58. The third-order valence-electron chi connectivity index (χ3n) is 4.63. The van der Waals surface area contributed by atoms with Gasteiger partial charge in [0.1, 0.15) is 0 Å². The highest BCUT2D eigenvalue weighted by atomic mass is 79.9. The molecule has 1 N–H and O–H groups in total. The highest BCUT2D eigenvalue weighted by Crippen LogP contribution is 2.57. The van der Waals surface area contributed by atoms with E-state index in [2.05, 4.69) is 39.5 Å². The summed E-state index contributed by atoms with van der Waals surface area (Å²) < 4.78 is 2.40. The van der Waals surface area contributed by atoms with Crippen molar-refractivity contribution in [3.05, 3.63) is 33.6 Å². The lowest BCUT2D eigenvalue weighted by Crippen LogP contribution is -2.10. The Morgan fingerprint density at radius 2 is 2.00 bits per heavy atom. The molecular weight excluding hydrogens is 308 g/mol. The predicted octanol–water partition coefficient (Wildman–Crippen LogP) is 4.74. The van der Waals surface area contributed by atoms with Gasteiger partial charge in [-0.05, 0) is 75.3 Å². The van der Waals surface area contributed by atoms with Crippen LogP contribution in [0.1, 0.15) is 30.9 Å². The number of hydrogen-bond acceptors (Lipinski definition) is 2. The standard InChI is InChI=1S/C15H15BrOS/c16-13-3-1-2-11-12(7-18-15(11)13)14(17)10-5-8-4-9(8)6-10/h1-3,7-10,14,17H,4-6H2. The fourth-order valence-electron chi connectivity index (χ4n) is 3.54. The zero-order valence-corrected chi connectivity index (χ0v) is 12.4. The zero-order chi connectivity index (χ0) is 12.3. The molecule has 2 saturated carbocycles. The van der Waals surface area contributed by atoms with Crippen LogP contribution in [0.5, 0.6) is 0 Å². The molecule has 1 nitrogen and oxygen atoms in total. The molecule has 2 aliphatic carbocycles. The van der Waals surface area contributed by atoms with E-state index < -0.39 is 0 Å². The van der Waals surface area contributed by atoms with Gasteiger partial charge in [0.25, 0.3) is 0 Å². The Labute approximate surface area is 119 Å². The van der Waals surface area contributed by atoms with Gasteiger partial charge < -0.3 is 5.11 Å². The quantitative estimate of drug-likeness (QED) is 0.846. The molecule has 0 bridgehead atoms. The minimum Gasteiger partial charge on any atom is -0.388 e. The van der Waals surface area contributed by atoms with E-state index in [1.165, 1.54) is 29.3 Å². The number of thiophene rings is 1. The van der Waals surface area contributed by atoms with Crippen LogP contribution in [0.15, 0.2) is 28.1 Å². The van der Waals surface area contributed by atoms with Gasteiger partial charge in [-0.15, -0.1) is 11.3 Å². The third-order valence-corrected chi connectivity index (χ3v) is 6.60. The maximum absolute atomic E-state index is 10.6. The van der Waals surface area contributed by atoms with Gasteiger partial charge >= 0.3 is 0 Å². The molecular formula is C15H15BrOS. The van der Waals surface area contributed by atoms with E-state index in [1.807, 2.05) is 0 Å². The van der Waals surface area contributed by atoms with Gasteiger partial charge in [0, 0.05) is 9.17 Å². The van der Waals surface area contributed by atoms with Crippen LogP contribution in [0, 0.1) is 17.8 Å². The number of halogens is 1. The highest BCUT2D eigenvalue weighted by Gasteiger charge is 2.48. The Balaban J connectivity index is 1.71. The fourth-order valence-corrected chi connectivity index (χ4v) is 5.20. The molecule has 2 fully saturated rings. The average Bonchev–Trinajstić information content (AvgIpc) is 2.81. The van der Waals surface area contributed by atoms with Crippen molar-refractivity contribution in [3.63, 3.8) is 0 Å². The largest absolute Gasteiger partial charge is 0.388 e. The van der Waals surface area contributed by atoms with Crippen LogP contribution in [-0.4, -0.2) is 5.11 Å². The van der Waals surface area contributed by atoms with E-state index in [4.69, 9.17) is 0 Å². The molecule has 3 heteroatoms. The number of hydrogen-bond donors (Lipinski definition) is 1. The molecule has 1 aromatic heterocycles. The molecule has 0 saturated heterocycles. The van der Waals surface area contributed by atoms with Gasteiger partial charge in [0.15, 0.2) is 0 Å². The highest BCUT2D eigenvalue weighted by molar-refractivity contribution is 9.10. The summed E-state index contributed by atoms with van der Waals surface area (Å²) >= 11 is 5.32. The van der Waals surface area contributed by atoms with Crippen molar-refractivity contribution in [2.45, 2.75) is 25.4 Å². The average molecular weight is 323 g/mol. The summed E-state index contributed by atoms with van der Waals surface area (Å²) in [5.41, 5.74) is 1.14. The first-order valence-electron chi connectivity index (χ1n) is 6.57. The van der Waals surface area contributed by atoms with Crippen LogP contribution in [0.25, 0.3) is 10.1 Å². The van der Waals surface area contributed by atoms with Gasteiger partial charge in [0.2, 0.25) is 0 Å². The fraction of sp³-hybridized carbons (Fsp3) is 0.467. The minimum absolute atomic E-state index is 0.263. The molecule has 0 spiro atoms. The van der Waals surface area contributed by atoms with Gasteiger partial charge in [-0.2, -0.15) is 0 Å². The molecule has 0 amide bonds. The lowest BCUT2D eigenvalue weighted by atomic mass is 9.91. The first-order valence-corrected chi connectivity index (χ1v) is 8.25. The van der Waals surface area contributed by atoms with E-state index >= 15 is 0 Å². The van der Waals surface area contributed by atoms with Crippen molar-refractivity contribution in [1.29, 1.82) is 0 Å². The van der Waals surface area contributed by atoms with Crippen molar-refractivity contribution < 1.29 is 5.11 Å². The molecule has 0 radical (unpaired) electrons. The van der Waals surface area contributed by atoms with E-state index in [0.29, 0.717) is 5.92 Å². The second kappa shape index (κ2) is 4.06. The second-order valence-corrected chi connectivity index (χ2v) is 7.47. The molecule has 2 aromatic rings. The minimum atomic E-state index is -0.263. The molecule has 1 aromatic carbocycles. The molecule has 2 aliphatic rings. The molecule has 3 atom stereocenters. The summed E-state index contributed by atoms with van der Waals surface area (Å²) in [7, 11) is 0. The summed E-state index contributed by atoms with van der Waals surface area (Å²) in [6.07, 6.45) is 3.62. The topological polar surface area (TPSA) is 20.2 Å². The Morgan fingerprint density at radius 1 is 1.22 bits per heavy atom. The molecule has 0 aliphatic heterocycles. The smallest absolute Gasteiger partial charge is 0.0832 e. The number of benzene rings is 1. The van der Waals surface area contributed by atoms with E-state index in [0.717, 1.165) is 21.9 Å². The van der Waals surface area contributed by atoms with Crippen LogP contribution < -0.4 is 0 Å². The number of rotatable bonds is 2.